The van der Waals surface area contributed by atoms with Crippen LogP contribution in [0.3, 0.4) is 0 Å². The van der Waals surface area contributed by atoms with Gasteiger partial charge in [0.05, 0.1) is 18.0 Å². The topological polar surface area (TPSA) is 66.3 Å². The molecule has 0 fully saturated rings. The molecule has 2 aromatic rings. The van der Waals surface area contributed by atoms with Crippen LogP contribution in [0.4, 0.5) is 0 Å². The largest absolute Gasteiger partial charge is 0.508 e. The van der Waals surface area contributed by atoms with Crippen molar-refractivity contribution < 1.29 is 9.90 Å². The number of benzene rings is 1. The lowest BCUT2D eigenvalue weighted by Crippen LogP contribution is -2.26. The number of nitrogens with zero attached hydrogens (tertiary/aromatic N) is 3. The van der Waals surface area contributed by atoms with E-state index in [1.807, 2.05) is 0 Å². The lowest BCUT2D eigenvalue weighted by Gasteiger charge is -2.17. The molecule has 18 heavy (non-hydrogen) atoms. The quantitative estimate of drug-likeness (QED) is 0.886. The van der Waals surface area contributed by atoms with E-state index in [1.165, 1.54) is 12.4 Å². The summed E-state index contributed by atoms with van der Waals surface area (Å²) in [5.74, 6) is 0.101. The summed E-state index contributed by atoms with van der Waals surface area (Å²) < 4.78 is 0. The Labute approximate surface area is 105 Å². The molecule has 5 nitrogen and oxygen atoms in total. The fraction of sp³-hybridized carbons (Fsp3) is 0.154. The molecule has 0 aliphatic heterocycles. The number of aromatic hydroxyl groups is 1. The Hall–Kier alpha value is -2.43. The Bertz CT molecular complexity index is 526. The van der Waals surface area contributed by atoms with Crippen molar-refractivity contribution in [2.24, 2.45) is 0 Å². The molecule has 0 aliphatic carbocycles. The highest BCUT2D eigenvalue weighted by atomic mass is 16.3. The molecule has 0 aliphatic rings. The Kier molecular flexibility index (Phi) is 3.52. The van der Waals surface area contributed by atoms with E-state index in [9.17, 15) is 9.90 Å². The molecule has 0 spiro atoms. The third-order valence-corrected chi connectivity index (χ3v) is 2.53. The first kappa shape index (κ1) is 12.0. The summed E-state index contributed by atoms with van der Waals surface area (Å²) in [6.45, 7) is 0.474. The summed E-state index contributed by atoms with van der Waals surface area (Å²) in [6, 6.07) is 8.39. The van der Waals surface area contributed by atoms with Crippen LogP contribution < -0.4 is 0 Å². The minimum absolute atomic E-state index is 0.113. The van der Waals surface area contributed by atoms with Gasteiger partial charge in [0, 0.05) is 13.6 Å². The molecule has 0 unspecified atom stereocenters. The van der Waals surface area contributed by atoms with Crippen LogP contribution in [0.5, 0.6) is 5.75 Å². The first-order chi connectivity index (χ1) is 8.66. The number of rotatable bonds is 3. The maximum absolute atomic E-state index is 12.0. The van der Waals surface area contributed by atoms with Crippen LogP contribution in [0.25, 0.3) is 0 Å². The number of carbonyl (C=O) groups excluding carboxylic acids is 1. The van der Waals surface area contributed by atoms with Gasteiger partial charge in [-0.05, 0) is 23.8 Å². The van der Waals surface area contributed by atoms with E-state index in [2.05, 4.69) is 10.2 Å². The SMILES string of the molecule is CN(Cc1ccc(O)cc1)C(=O)c1ccnnc1. The van der Waals surface area contributed by atoms with Gasteiger partial charge in [0.2, 0.25) is 0 Å². The van der Waals surface area contributed by atoms with Crippen molar-refractivity contribution in [3.8, 4) is 5.75 Å². The first-order valence-corrected chi connectivity index (χ1v) is 5.47. The summed E-state index contributed by atoms with van der Waals surface area (Å²) in [4.78, 5) is 13.6. The fourth-order valence-electron chi connectivity index (χ4n) is 1.58. The van der Waals surface area contributed by atoms with Gasteiger partial charge in [-0.15, -0.1) is 0 Å². The van der Waals surface area contributed by atoms with Crippen molar-refractivity contribution in [1.82, 2.24) is 15.1 Å². The molecular weight excluding hydrogens is 230 g/mol. The Morgan fingerprint density at radius 3 is 2.56 bits per heavy atom. The van der Waals surface area contributed by atoms with E-state index in [1.54, 1.807) is 42.3 Å². The first-order valence-electron chi connectivity index (χ1n) is 5.47. The fourth-order valence-corrected chi connectivity index (χ4v) is 1.58. The standard InChI is InChI=1S/C13H13N3O2/c1-16(9-10-2-4-12(17)5-3-10)13(18)11-6-7-14-15-8-11/h2-8,17H,9H2,1H3. The second-order valence-corrected chi connectivity index (χ2v) is 3.96. The van der Waals surface area contributed by atoms with Gasteiger partial charge in [-0.1, -0.05) is 12.1 Å². The Balaban J connectivity index is 2.06. The van der Waals surface area contributed by atoms with Gasteiger partial charge in [0.15, 0.2) is 0 Å². The summed E-state index contributed by atoms with van der Waals surface area (Å²) in [5.41, 5.74) is 1.46. The highest BCUT2D eigenvalue weighted by Crippen LogP contribution is 2.12. The van der Waals surface area contributed by atoms with Gasteiger partial charge in [-0.3, -0.25) is 4.79 Å². The second kappa shape index (κ2) is 5.27. The molecule has 5 heteroatoms. The number of amides is 1. The van der Waals surface area contributed by atoms with E-state index in [0.717, 1.165) is 5.56 Å². The lowest BCUT2D eigenvalue weighted by molar-refractivity contribution is 0.0784. The van der Waals surface area contributed by atoms with Crippen LogP contribution in [-0.4, -0.2) is 33.2 Å². The number of hydrogen-bond donors (Lipinski definition) is 1. The van der Waals surface area contributed by atoms with Gasteiger partial charge in [0.1, 0.15) is 5.75 Å². The van der Waals surface area contributed by atoms with Gasteiger partial charge >= 0.3 is 0 Å². The van der Waals surface area contributed by atoms with Crippen LogP contribution >= 0.6 is 0 Å². The van der Waals surface area contributed by atoms with Crippen molar-refractivity contribution in [3.63, 3.8) is 0 Å². The van der Waals surface area contributed by atoms with Crippen molar-refractivity contribution in [3.05, 3.63) is 53.9 Å². The molecule has 1 N–H and O–H groups in total. The van der Waals surface area contributed by atoms with E-state index in [0.29, 0.717) is 12.1 Å². The number of carbonyl (C=O) groups is 1. The summed E-state index contributed by atoms with van der Waals surface area (Å²) in [7, 11) is 1.72. The molecule has 1 aromatic heterocycles. The predicted octanol–water partition coefficient (Wildman–Crippen LogP) is 1.45. The third kappa shape index (κ3) is 2.82. The van der Waals surface area contributed by atoms with E-state index in [-0.39, 0.29) is 11.7 Å². The lowest BCUT2D eigenvalue weighted by atomic mass is 10.2. The predicted molar refractivity (Wildman–Crippen MR) is 65.9 cm³/mol. The molecule has 0 saturated heterocycles. The average Bonchev–Trinajstić information content (AvgIpc) is 2.41. The van der Waals surface area contributed by atoms with Crippen LogP contribution in [0.2, 0.25) is 0 Å². The third-order valence-electron chi connectivity index (χ3n) is 2.53. The van der Waals surface area contributed by atoms with E-state index >= 15 is 0 Å². The molecule has 0 bridgehead atoms. The van der Waals surface area contributed by atoms with Crippen molar-refractivity contribution in [2.75, 3.05) is 7.05 Å². The number of aromatic nitrogens is 2. The van der Waals surface area contributed by atoms with Crippen molar-refractivity contribution in [1.29, 1.82) is 0 Å². The molecule has 1 heterocycles. The molecule has 1 aromatic carbocycles. The molecule has 1 amide bonds. The molecule has 0 radical (unpaired) electrons. The molecule has 92 valence electrons. The number of phenolic OH excluding ortho intramolecular Hbond substituents is 1. The minimum Gasteiger partial charge on any atom is -0.508 e. The van der Waals surface area contributed by atoms with Crippen LogP contribution in [0, 0.1) is 0 Å². The van der Waals surface area contributed by atoms with Gasteiger partial charge in [-0.2, -0.15) is 10.2 Å². The van der Waals surface area contributed by atoms with Crippen molar-refractivity contribution in [2.45, 2.75) is 6.54 Å². The van der Waals surface area contributed by atoms with Crippen molar-refractivity contribution >= 4 is 5.91 Å². The smallest absolute Gasteiger partial charge is 0.255 e. The average molecular weight is 243 g/mol. The van der Waals surface area contributed by atoms with Crippen LogP contribution in [0.1, 0.15) is 15.9 Å². The summed E-state index contributed by atoms with van der Waals surface area (Å²) in [6.07, 6.45) is 2.93. The molecular formula is C13H13N3O2. The van der Waals surface area contributed by atoms with E-state index in [4.69, 9.17) is 0 Å². The highest BCUT2D eigenvalue weighted by molar-refractivity contribution is 5.93. The maximum atomic E-state index is 12.0. The Morgan fingerprint density at radius 1 is 1.22 bits per heavy atom. The molecule has 0 saturated carbocycles. The van der Waals surface area contributed by atoms with Gasteiger partial charge in [0.25, 0.3) is 5.91 Å². The molecule has 0 atom stereocenters. The van der Waals surface area contributed by atoms with Gasteiger partial charge < -0.3 is 10.0 Å². The summed E-state index contributed by atoms with van der Waals surface area (Å²) in [5, 5.41) is 16.5. The zero-order valence-corrected chi connectivity index (χ0v) is 9.95. The zero-order chi connectivity index (χ0) is 13.0. The summed E-state index contributed by atoms with van der Waals surface area (Å²) >= 11 is 0. The van der Waals surface area contributed by atoms with Crippen LogP contribution in [-0.2, 0) is 6.54 Å². The minimum atomic E-state index is -0.113. The van der Waals surface area contributed by atoms with Crippen LogP contribution in [0.15, 0.2) is 42.7 Å². The molecule has 2 rings (SSSR count). The monoisotopic (exact) mass is 243 g/mol. The second-order valence-electron chi connectivity index (χ2n) is 3.96. The maximum Gasteiger partial charge on any atom is 0.255 e. The van der Waals surface area contributed by atoms with E-state index < -0.39 is 0 Å². The Morgan fingerprint density at radius 2 is 1.94 bits per heavy atom. The zero-order valence-electron chi connectivity index (χ0n) is 9.95. The highest BCUT2D eigenvalue weighted by Gasteiger charge is 2.11. The number of phenols is 1. The van der Waals surface area contributed by atoms with Gasteiger partial charge in [-0.25, -0.2) is 0 Å². The number of hydrogen-bond acceptors (Lipinski definition) is 4. The normalized spacial score (nSPS) is 10.1.